The van der Waals surface area contributed by atoms with Gasteiger partial charge in [0.2, 0.25) is 5.95 Å². The zero-order valence-corrected chi connectivity index (χ0v) is 18.7. The van der Waals surface area contributed by atoms with Crippen molar-refractivity contribution in [2.45, 2.75) is 26.1 Å². The number of nitrogens with one attached hydrogen (secondary N) is 3. The van der Waals surface area contributed by atoms with Crippen molar-refractivity contribution in [3.8, 4) is 10.6 Å². The average molecular weight is 493 g/mol. The Bertz CT molecular complexity index is 1450. The number of aryl methyl sites for hydroxylation is 1. The number of anilines is 2. The third kappa shape index (κ3) is 4.19. The molecule has 1 aliphatic heterocycles. The van der Waals surface area contributed by atoms with Crippen LogP contribution in [0.2, 0.25) is 5.02 Å². The molecular formula is C21H16ClF3N6OS. The molecule has 1 aliphatic rings. The first kappa shape index (κ1) is 21.8. The van der Waals surface area contributed by atoms with Gasteiger partial charge in [-0.1, -0.05) is 11.6 Å². The maximum atomic E-state index is 13.7. The van der Waals surface area contributed by atoms with Gasteiger partial charge in [-0.2, -0.15) is 13.2 Å². The van der Waals surface area contributed by atoms with E-state index in [2.05, 4.69) is 30.6 Å². The largest absolute Gasteiger partial charge is 0.420 e. The van der Waals surface area contributed by atoms with Gasteiger partial charge < -0.3 is 15.6 Å². The quantitative estimate of drug-likeness (QED) is 0.380. The highest BCUT2D eigenvalue weighted by Crippen LogP contribution is 2.40. The van der Waals surface area contributed by atoms with E-state index in [1.807, 2.05) is 12.1 Å². The first-order valence-electron chi connectivity index (χ1n) is 9.93. The van der Waals surface area contributed by atoms with E-state index >= 15 is 0 Å². The number of alkyl halides is 3. The van der Waals surface area contributed by atoms with E-state index in [4.69, 9.17) is 11.6 Å². The standard InChI is InChI=1S/C21H16ClF3N6OS/c1-9-28-18(32)12-6-16(33-19(12)29-9)17-13(21(23,24)25)8-27-20(31-17)30-15-5-10-2-3-26-7-11(10)4-14(15)22/h4-6,8,26H,2-3,7H2,1H3,(H,27,30,31)(H,28,29,32). The van der Waals surface area contributed by atoms with Crippen LogP contribution in [0, 0.1) is 6.92 Å². The minimum atomic E-state index is -4.68. The number of hydrogen-bond donors (Lipinski definition) is 3. The van der Waals surface area contributed by atoms with Crippen LogP contribution in [0.4, 0.5) is 24.8 Å². The molecule has 0 bridgehead atoms. The molecule has 0 spiro atoms. The fourth-order valence-electron chi connectivity index (χ4n) is 3.71. The first-order chi connectivity index (χ1) is 15.7. The molecular weight excluding hydrogens is 477 g/mol. The number of thiophene rings is 1. The Morgan fingerprint density at radius 3 is 2.79 bits per heavy atom. The van der Waals surface area contributed by atoms with Crippen molar-refractivity contribution in [2.75, 3.05) is 11.9 Å². The number of aromatic nitrogens is 4. The molecule has 4 heterocycles. The average Bonchev–Trinajstić information content (AvgIpc) is 3.18. The minimum absolute atomic E-state index is 0.0377. The second-order valence-electron chi connectivity index (χ2n) is 7.59. The Kier molecular flexibility index (Phi) is 5.34. The third-order valence-electron chi connectivity index (χ3n) is 5.27. The minimum Gasteiger partial charge on any atom is -0.323 e. The van der Waals surface area contributed by atoms with Crippen LogP contribution in [0.1, 0.15) is 22.5 Å². The van der Waals surface area contributed by atoms with E-state index in [-0.39, 0.29) is 21.9 Å². The van der Waals surface area contributed by atoms with Crippen LogP contribution in [0.5, 0.6) is 0 Å². The second kappa shape index (κ2) is 8.08. The van der Waals surface area contributed by atoms with Gasteiger partial charge in [0.25, 0.3) is 5.56 Å². The molecule has 170 valence electrons. The van der Waals surface area contributed by atoms with Crippen molar-refractivity contribution in [3.05, 3.63) is 62.3 Å². The van der Waals surface area contributed by atoms with Crippen LogP contribution in [0.3, 0.4) is 0 Å². The summed E-state index contributed by atoms with van der Waals surface area (Å²) >= 11 is 7.35. The molecule has 1 aromatic carbocycles. The Hall–Kier alpha value is -3.02. The van der Waals surface area contributed by atoms with Crippen molar-refractivity contribution < 1.29 is 13.2 Å². The van der Waals surface area contributed by atoms with Crippen LogP contribution in [0.15, 0.2) is 29.2 Å². The van der Waals surface area contributed by atoms with Gasteiger partial charge >= 0.3 is 6.18 Å². The van der Waals surface area contributed by atoms with Gasteiger partial charge in [0.05, 0.1) is 26.7 Å². The van der Waals surface area contributed by atoms with E-state index in [1.54, 1.807) is 6.92 Å². The number of hydrogen-bond acceptors (Lipinski definition) is 7. The van der Waals surface area contributed by atoms with Crippen molar-refractivity contribution >= 4 is 44.8 Å². The van der Waals surface area contributed by atoms with Crippen LogP contribution >= 0.6 is 22.9 Å². The molecule has 33 heavy (non-hydrogen) atoms. The molecule has 0 fully saturated rings. The molecule has 0 amide bonds. The number of H-pyrrole nitrogens is 1. The number of aromatic amines is 1. The van der Waals surface area contributed by atoms with E-state index in [0.717, 1.165) is 41.6 Å². The molecule has 5 rings (SSSR count). The van der Waals surface area contributed by atoms with Crippen molar-refractivity contribution in [2.24, 2.45) is 0 Å². The summed E-state index contributed by atoms with van der Waals surface area (Å²) in [6.07, 6.45) is -3.15. The first-order valence-corrected chi connectivity index (χ1v) is 11.1. The zero-order valence-electron chi connectivity index (χ0n) is 17.1. The maximum Gasteiger partial charge on any atom is 0.420 e. The lowest BCUT2D eigenvalue weighted by Gasteiger charge is -2.19. The Balaban J connectivity index is 1.60. The van der Waals surface area contributed by atoms with Crippen molar-refractivity contribution in [1.29, 1.82) is 0 Å². The monoisotopic (exact) mass is 492 g/mol. The predicted molar refractivity (Wildman–Crippen MR) is 121 cm³/mol. The summed E-state index contributed by atoms with van der Waals surface area (Å²) in [7, 11) is 0. The summed E-state index contributed by atoms with van der Waals surface area (Å²) < 4.78 is 41.2. The molecule has 0 saturated heterocycles. The van der Waals surface area contributed by atoms with E-state index in [0.29, 0.717) is 27.9 Å². The normalized spacial score (nSPS) is 13.8. The highest BCUT2D eigenvalue weighted by atomic mass is 35.5. The molecule has 3 aromatic heterocycles. The summed E-state index contributed by atoms with van der Waals surface area (Å²) in [6.45, 7) is 3.13. The summed E-state index contributed by atoms with van der Waals surface area (Å²) in [5, 5.41) is 6.82. The van der Waals surface area contributed by atoms with E-state index < -0.39 is 17.3 Å². The fourth-order valence-corrected chi connectivity index (χ4v) is 5.03. The van der Waals surface area contributed by atoms with Gasteiger partial charge in [0.1, 0.15) is 16.2 Å². The SMILES string of the molecule is Cc1nc2sc(-c3nc(Nc4cc5c(cc4Cl)CNCC5)ncc3C(F)(F)F)cc2c(=O)[nH]1. The topological polar surface area (TPSA) is 95.6 Å². The van der Waals surface area contributed by atoms with Crippen LogP contribution in [-0.4, -0.2) is 26.5 Å². The molecule has 0 aliphatic carbocycles. The zero-order chi connectivity index (χ0) is 23.3. The van der Waals surface area contributed by atoms with Gasteiger partial charge in [0, 0.05) is 12.7 Å². The summed E-state index contributed by atoms with van der Waals surface area (Å²) in [6, 6.07) is 5.05. The lowest BCUT2D eigenvalue weighted by molar-refractivity contribution is -0.137. The van der Waals surface area contributed by atoms with Gasteiger partial charge in [-0.25, -0.2) is 15.0 Å². The lowest BCUT2D eigenvalue weighted by atomic mass is 10.0. The molecule has 7 nitrogen and oxygen atoms in total. The smallest absolute Gasteiger partial charge is 0.323 e. The van der Waals surface area contributed by atoms with E-state index in [9.17, 15) is 18.0 Å². The summed E-state index contributed by atoms with van der Waals surface area (Å²) in [4.78, 5) is 27.5. The van der Waals surface area contributed by atoms with Gasteiger partial charge in [-0.05, 0) is 49.2 Å². The van der Waals surface area contributed by atoms with E-state index in [1.165, 1.54) is 6.07 Å². The van der Waals surface area contributed by atoms with Crippen LogP contribution in [-0.2, 0) is 19.1 Å². The number of fused-ring (bicyclic) bond motifs is 2. The Morgan fingerprint density at radius 1 is 1.18 bits per heavy atom. The number of halogens is 4. The molecule has 4 aromatic rings. The number of rotatable bonds is 3. The molecule has 0 atom stereocenters. The van der Waals surface area contributed by atoms with Gasteiger partial charge in [0.15, 0.2) is 0 Å². The maximum absolute atomic E-state index is 13.7. The molecule has 0 saturated carbocycles. The highest BCUT2D eigenvalue weighted by molar-refractivity contribution is 7.21. The summed E-state index contributed by atoms with van der Waals surface area (Å²) in [5.41, 5.74) is 0.917. The molecule has 0 radical (unpaired) electrons. The molecule has 0 unspecified atom stereocenters. The van der Waals surface area contributed by atoms with Crippen molar-refractivity contribution in [3.63, 3.8) is 0 Å². The number of nitrogens with zero attached hydrogens (tertiary/aromatic N) is 3. The van der Waals surface area contributed by atoms with Crippen LogP contribution in [0.25, 0.3) is 20.8 Å². The second-order valence-corrected chi connectivity index (χ2v) is 9.02. The number of benzene rings is 1. The summed E-state index contributed by atoms with van der Waals surface area (Å²) in [5.74, 6) is 0.337. The third-order valence-corrected chi connectivity index (χ3v) is 6.62. The van der Waals surface area contributed by atoms with Gasteiger partial charge in [-0.3, -0.25) is 4.79 Å². The molecule has 3 N–H and O–H groups in total. The molecule has 12 heteroatoms. The Morgan fingerprint density at radius 2 is 2.00 bits per heavy atom. The van der Waals surface area contributed by atoms with Gasteiger partial charge in [-0.15, -0.1) is 11.3 Å². The lowest BCUT2D eigenvalue weighted by Crippen LogP contribution is -2.23. The highest BCUT2D eigenvalue weighted by Gasteiger charge is 2.36. The Labute approximate surface area is 194 Å². The fraction of sp³-hybridized carbons (Fsp3) is 0.238. The van der Waals surface area contributed by atoms with Crippen LogP contribution < -0.4 is 16.2 Å². The van der Waals surface area contributed by atoms with Crippen molar-refractivity contribution in [1.82, 2.24) is 25.3 Å². The predicted octanol–water partition coefficient (Wildman–Crippen LogP) is 4.81.